The van der Waals surface area contributed by atoms with Crippen LogP contribution in [0.1, 0.15) is 43.4 Å². The van der Waals surface area contributed by atoms with Crippen LogP contribution in [-0.2, 0) is 20.9 Å². The van der Waals surface area contributed by atoms with Crippen molar-refractivity contribution < 1.29 is 45.7 Å². The molecular weight excluding hydrogens is 603 g/mol. The SMILES string of the molecule is C=CCN(CC=C)[SiH](N(CC=C)CC=C)[Zr+2]([CH]1C(C)=Cc2ccccc21)[CH]1C(C)=Cc2ccccc21.[Cl-].[Cl-]. The Labute approximate surface area is 251 Å². The molecule has 0 saturated carbocycles. The molecule has 4 rings (SSSR count). The third kappa shape index (κ3) is 6.61. The molecule has 2 aliphatic carbocycles. The van der Waals surface area contributed by atoms with Gasteiger partial charge in [-0.15, -0.1) is 0 Å². The second kappa shape index (κ2) is 15.3. The molecule has 0 spiro atoms. The van der Waals surface area contributed by atoms with Gasteiger partial charge < -0.3 is 24.8 Å². The summed E-state index contributed by atoms with van der Waals surface area (Å²) < 4.78 is 6.61. The minimum absolute atomic E-state index is 0. The van der Waals surface area contributed by atoms with Gasteiger partial charge in [0.25, 0.3) is 0 Å². The van der Waals surface area contributed by atoms with E-state index < -0.39 is 27.2 Å². The maximum atomic E-state index is 4.16. The van der Waals surface area contributed by atoms with E-state index >= 15 is 0 Å². The molecule has 2 aromatic rings. The van der Waals surface area contributed by atoms with E-state index in [0.29, 0.717) is 7.25 Å². The summed E-state index contributed by atoms with van der Waals surface area (Å²) >= 11 is -2.47. The predicted molar refractivity (Wildman–Crippen MR) is 157 cm³/mol. The van der Waals surface area contributed by atoms with Crippen LogP contribution in [0.3, 0.4) is 0 Å². The molecule has 0 radical (unpaired) electrons. The van der Waals surface area contributed by atoms with Crippen molar-refractivity contribution in [2.24, 2.45) is 0 Å². The molecular formula is C32H39Cl2N2SiZr. The maximum absolute atomic E-state index is 4.16. The van der Waals surface area contributed by atoms with Gasteiger partial charge in [0.05, 0.1) is 0 Å². The molecule has 199 valence electrons. The Morgan fingerprint density at radius 1 is 0.658 bits per heavy atom. The van der Waals surface area contributed by atoms with Crippen molar-refractivity contribution >= 4 is 18.4 Å². The van der Waals surface area contributed by atoms with Crippen molar-refractivity contribution in [2.45, 2.75) is 21.1 Å². The maximum Gasteiger partial charge on any atom is -1.00 e. The second-order valence-electron chi connectivity index (χ2n) is 9.84. The fraction of sp³-hybridized carbons (Fsp3) is 0.250. The number of benzene rings is 2. The Hall–Kier alpha value is -1.52. The normalized spacial score (nSPS) is 17.1. The molecule has 0 fully saturated rings. The Morgan fingerprint density at radius 3 is 1.34 bits per heavy atom. The Bertz CT molecular complexity index is 1100. The molecule has 2 aromatic carbocycles. The standard InChI is InChI=1S/C12H21N2Si.2C10H9.2ClH.Zr/c1-5-9-13(10-6-2)15-14(11-7-3)12-8-4;2*1-8-6-9-4-2-3-5-10(9)7-8;;;/h5-8,15H,1-4,9-12H2;2*2-7H,1H3;2*1H;/q;;;;;+2/p-2. The Morgan fingerprint density at radius 2 is 1.00 bits per heavy atom. The van der Waals surface area contributed by atoms with Crippen molar-refractivity contribution in [3.63, 3.8) is 0 Å². The minimum atomic E-state index is -2.47. The molecule has 2 nitrogen and oxygen atoms in total. The first-order valence-electron chi connectivity index (χ1n) is 12.9. The van der Waals surface area contributed by atoms with Gasteiger partial charge in [0.2, 0.25) is 0 Å². The number of hydrogen-bond donors (Lipinski definition) is 0. The molecule has 0 N–H and O–H groups in total. The van der Waals surface area contributed by atoms with Crippen molar-refractivity contribution in [3.8, 4) is 0 Å². The molecule has 2 unspecified atom stereocenters. The Kier molecular flexibility index (Phi) is 13.2. The monoisotopic (exact) mass is 639 g/mol. The van der Waals surface area contributed by atoms with Gasteiger partial charge in [0.15, 0.2) is 0 Å². The van der Waals surface area contributed by atoms with E-state index in [0.717, 1.165) is 26.2 Å². The molecule has 0 aliphatic heterocycles. The van der Waals surface area contributed by atoms with Gasteiger partial charge in [-0.3, -0.25) is 0 Å². The average molecular weight is 642 g/mol. The molecule has 38 heavy (non-hydrogen) atoms. The van der Waals surface area contributed by atoms with Gasteiger partial charge in [-0.05, 0) is 0 Å². The fourth-order valence-electron chi connectivity index (χ4n) is 6.17. The summed E-state index contributed by atoms with van der Waals surface area (Å²) in [6.45, 7) is 25.0. The van der Waals surface area contributed by atoms with Crippen molar-refractivity contribution in [1.82, 2.24) is 9.13 Å². The molecule has 6 heteroatoms. The quantitative estimate of drug-likeness (QED) is 0.238. The van der Waals surface area contributed by atoms with E-state index in [1.54, 1.807) is 22.3 Å². The van der Waals surface area contributed by atoms with Crippen LogP contribution >= 0.6 is 0 Å². The molecule has 0 bridgehead atoms. The zero-order chi connectivity index (χ0) is 25.7. The predicted octanol–water partition coefficient (Wildman–Crippen LogP) is 0.994. The van der Waals surface area contributed by atoms with Gasteiger partial charge in [-0.2, -0.15) is 0 Å². The zero-order valence-electron chi connectivity index (χ0n) is 22.6. The van der Waals surface area contributed by atoms with Crippen LogP contribution in [0.2, 0.25) is 0 Å². The van der Waals surface area contributed by atoms with E-state index in [9.17, 15) is 0 Å². The second-order valence-corrected chi connectivity index (χ2v) is 25.1. The van der Waals surface area contributed by atoms with Gasteiger partial charge in [-0.25, -0.2) is 0 Å². The number of rotatable bonds is 13. The largest absolute Gasteiger partial charge is 1.00 e. The number of halogens is 2. The van der Waals surface area contributed by atoms with E-state index in [4.69, 9.17) is 0 Å². The van der Waals surface area contributed by atoms with Crippen molar-refractivity contribution in [3.05, 3.63) is 133 Å². The smallest absolute Gasteiger partial charge is 1.00 e. The van der Waals surface area contributed by atoms with Crippen LogP contribution in [0.15, 0.2) is 110 Å². The molecule has 2 atom stereocenters. The first-order chi connectivity index (χ1) is 17.5. The first-order valence-corrected chi connectivity index (χ1v) is 21.6. The van der Waals surface area contributed by atoms with E-state index in [-0.39, 0.29) is 24.8 Å². The fourth-order valence-corrected chi connectivity index (χ4v) is 35.3. The summed E-state index contributed by atoms with van der Waals surface area (Å²) in [4.78, 5) is 0. The summed E-state index contributed by atoms with van der Waals surface area (Å²) in [5.74, 6) is 0. The minimum Gasteiger partial charge on any atom is -1.00 e. The summed E-state index contributed by atoms with van der Waals surface area (Å²) in [7, 11) is 0. The molecule has 0 aromatic heterocycles. The zero-order valence-corrected chi connectivity index (χ0v) is 27.7. The van der Waals surface area contributed by atoms with Gasteiger partial charge in [0, 0.05) is 0 Å². The van der Waals surface area contributed by atoms with E-state index in [2.05, 4.69) is 134 Å². The number of fused-ring (bicyclic) bond motifs is 2. The van der Waals surface area contributed by atoms with Gasteiger partial charge in [0.1, 0.15) is 0 Å². The van der Waals surface area contributed by atoms with Crippen LogP contribution in [0.5, 0.6) is 0 Å². The van der Waals surface area contributed by atoms with Crippen molar-refractivity contribution in [2.75, 3.05) is 26.2 Å². The first kappa shape index (κ1) is 32.7. The Balaban J connectivity index is 0.00000253. The van der Waals surface area contributed by atoms with Gasteiger partial charge in [-0.1, -0.05) is 0 Å². The number of nitrogens with zero attached hydrogens (tertiary/aromatic N) is 2. The van der Waals surface area contributed by atoms with Crippen LogP contribution in [0.25, 0.3) is 12.2 Å². The van der Waals surface area contributed by atoms with E-state index in [1.165, 1.54) is 11.1 Å². The summed E-state index contributed by atoms with van der Waals surface area (Å²) in [6.07, 6.45) is 11.6. The van der Waals surface area contributed by atoms with Crippen molar-refractivity contribution in [1.29, 1.82) is 0 Å². The average Bonchev–Trinajstić information content (AvgIpc) is 3.38. The molecule has 2 aliphatic rings. The van der Waals surface area contributed by atoms with E-state index in [1.807, 2.05) is 0 Å². The van der Waals surface area contributed by atoms with Crippen LogP contribution in [0, 0.1) is 0 Å². The van der Waals surface area contributed by atoms with Crippen LogP contribution in [0.4, 0.5) is 0 Å². The third-order valence-corrected chi connectivity index (χ3v) is 31.0. The summed E-state index contributed by atoms with van der Waals surface area (Å²) in [6, 6.07) is 18.2. The topological polar surface area (TPSA) is 6.48 Å². The number of allylic oxidation sites excluding steroid dienone is 2. The van der Waals surface area contributed by atoms with Gasteiger partial charge >= 0.3 is 228 Å². The summed E-state index contributed by atoms with van der Waals surface area (Å²) in [5.41, 5.74) is 9.03. The molecule has 0 saturated heterocycles. The molecule has 0 heterocycles. The van der Waals surface area contributed by atoms with Crippen LogP contribution < -0.4 is 24.8 Å². The number of hydrogen-bond acceptors (Lipinski definition) is 2. The van der Waals surface area contributed by atoms with Crippen LogP contribution in [-0.4, -0.2) is 41.6 Å². The third-order valence-electron chi connectivity index (χ3n) is 7.40. The summed E-state index contributed by atoms with van der Waals surface area (Å²) in [5, 5.41) is 0. The molecule has 0 amide bonds.